The molecular weight excluding hydrogens is 304 g/mol. The Labute approximate surface area is 135 Å². The van der Waals surface area contributed by atoms with E-state index in [1.807, 2.05) is 41.2 Å². The standard InChI is InChI=1S/C15H19ClN4S/c1-3-11(2)17-15(21)18-14-8-9-20(19-14)10-12-6-4-5-7-13(12)16/h4-9,11H,3,10H2,1-2H3,(H2,17,18,19,21). The molecule has 6 heteroatoms. The first-order valence-corrected chi connectivity index (χ1v) is 7.71. The molecule has 0 spiro atoms. The quantitative estimate of drug-likeness (QED) is 0.824. The van der Waals surface area contributed by atoms with Crippen LogP contribution in [0, 0.1) is 0 Å². The zero-order valence-corrected chi connectivity index (χ0v) is 13.7. The van der Waals surface area contributed by atoms with Crippen molar-refractivity contribution >= 4 is 34.7 Å². The Morgan fingerprint density at radius 2 is 2.14 bits per heavy atom. The fraction of sp³-hybridized carbons (Fsp3) is 0.333. The summed E-state index contributed by atoms with van der Waals surface area (Å²) in [5.74, 6) is 0.725. The molecule has 0 saturated heterocycles. The Morgan fingerprint density at radius 3 is 2.86 bits per heavy atom. The second-order valence-corrected chi connectivity index (χ2v) is 5.71. The van der Waals surface area contributed by atoms with Crippen molar-refractivity contribution in [3.05, 3.63) is 47.1 Å². The molecule has 1 atom stereocenters. The lowest BCUT2D eigenvalue weighted by molar-refractivity contribution is 0.645. The molecule has 21 heavy (non-hydrogen) atoms. The number of thiocarbonyl (C=S) groups is 1. The zero-order valence-electron chi connectivity index (χ0n) is 12.1. The second kappa shape index (κ2) is 7.43. The first-order valence-electron chi connectivity index (χ1n) is 6.93. The van der Waals surface area contributed by atoms with Crippen LogP contribution in [0.2, 0.25) is 5.02 Å². The molecule has 0 bridgehead atoms. The van der Waals surface area contributed by atoms with Crippen molar-refractivity contribution in [1.82, 2.24) is 15.1 Å². The number of aromatic nitrogens is 2. The largest absolute Gasteiger partial charge is 0.360 e. The van der Waals surface area contributed by atoms with Crippen LogP contribution in [0.25, 0.3) is 0 Å². The summed E-state index contributed by atoms with van der Waals surface area (Å²) in [5, 5.41) is 12.1. The molecule has 0 aliphatic rings. The summed E-state index contributed by atoms with van der Waals surface area (Å²) in [5.41, 5.74) is 1.04. The Morgan fingerprint density at radius 1 is 1.38 bits per heavy atom. The van der Waals surface area contributed by atoms with Crippen molar-refractivity contribution < 1.29 is 0 Å². The summed E-state index contributed by atoms with van der Waals surface area (Å²) >= 11 is 11.4. The van der Waals surface area contributed by atoms with Gasteiger partial charge in [-0.2, -0.15) is 5.10 Å². The molecule has 0 aliphatic heterocycles. The van der Waals surface area contributed by atoms with Crippen LogP contribution in [0.15, 0.2) is 36.5 Å². The van der Waals surface area contributed by atoms with Gasteiger partial charge in [0.15, 0.2) is 10.9 Å². The van der Waals surface area contributed by atoms with Gasteiger partial charge in [-0.3, -0.25) is 4.68 Å². The smallest absolute Gasteiger partial charge is 0.172 e. The van der Waals surface area contributed by atoms with Gasteiger partial charge in [0.2, 0.25) is 0 Å². The van der Waals surface area contributed by atoms with Gasteiger partial charge in [-0.15, -0.1) is 0 Å². The topological polar surface area (TPSA) is 41.9 Å². The third-order valence-electron chi connectivity index (χ3n) is 3.16. The van der Waals surface area contributed by atoms with E-state index in [0.717, 1.165) is 22.8 Å². The van der Waals surface area contributed by atoms with Crippen LogP contribution in [0.4, 0.5) is 5.82 Å². The van der Waals surface area contributed by atoms with Gasteiger partial charge < -0.3 is 10.6 Å². The first-order chi connectivity index (χ1) is 10.1. The minimum atomic E-state index is 0.343. The molecule has 0 radical (unpaired) electrons. The van der Waals surface area contributed by atoms with Crippen molar-refractivity contribution in [2.24, 2.45) is 0 Å². The number of nitrogens with one attached hydrogen (secondary N) is 2. The van der Waals surface area contributed by atoms with Crippen LogP contribution in [-0.4, -0.2) is 20.9 Å². The van der Waals surface area contributed by atoms with E-state index in [9.17, 15) is 0 Å². The predicted molar refractivity (Wildman–Crippen MR) is 91.9 cm³/mol. The van der Waals surface area contributed by atoms with Crippen molar-refractivity contribution in [2.45, 2.75) is 32.9 Å². The lowest BCUT2D eigenvalue weighted by Crippen LogP contribution is -2.35. The van der Waals surface area contributed by atoms with E-state index in [1.165, 1.54) is 0 Å². The fourth-order valence-corrected chi connectivity index (χ4v) is 2.30. The van der Waals surface area contributed by atoms with Crippen molar-refractivity contribution in [1.29, 1.82) is 0 Å². The maximum absolute atomic E-state index is 6.15. The highest BCUT2D eigenvalue weighted by molar-refractivity contribution is 7.80. The van der Waals surface area contributed by atoms with Gasteiger partial charge in [0.25, 0.3) is 0 Å². The highest BCUT2D eigenvalue weighted by atomic mass is 35.5. The van der Waals surface area contributed by atoms with E-state index in [4.69, 9.17) is 23.8 Å². The molecule has 1 aromatic heterocycles. The van der Waals surface area contributed by atoms with Crippen molar-refractivity contribution in [3.63, 3.8) is 0 Å². The van der Waals surface area contributed by atoms with Gasteiger partial charge in [0.1, 0.15) is 0 Å². The Hall–Kier alpha value is -1.59. The van der Waals surface area contributed by atoms with Gasteiger partial charge in [-0.05, 0) is 37.2 Å². The summed E-state index contributed by atoms with van der Waals surface area (Å²) < 4.78 is 1.83. The minimum absolute atomic E-state index is 0.343. The highest BCUT2D eigenvalue weighted by Gasteiger charge is 2.05. The van der Waals surface area contributed by atoms with E-state index < -0.39 is 0 Å². The molecule has 0 aliphatic carbocycles. The number of halogens is 1. The third kappa shape index (κ3) is 4.72. The van der Waals surface area contributed by atoms with Gasteiger partial charge in [0.05, 0.1) is 6.54 Å². The summed E-state index contributed by atoms with van der Waals surface area (Å²) in [6.45, 7) is 4.83. The highest BCUT2D eigenvalue weighted by Crippen LogP contribution is 2.16. The Balaban J connectivity index is 1.96. The SMILES string of the molecule is CCC(C)NC(=S)Nc1ccn(Cc2ccccc2Cl)n1. The molecule has 0 fully saturated rings. The lowest BCUT2D eigenvalue weighted by Gasteiger charge is -2.13. The molecule has 1 unspecified atom stereocenters. The average Bonchev–Trinajstić information content (AvgIpc) is 2.88. The van der Waals surface area contributed by atoms with Crippen molar-refractivity contribution in [3.8, 4) is 0 Å². The summed E-state index contributed by atoms with van der Waals surface area (Å²) in [6.07, 6.45) is 2.92. The first kappa shape index (κ1) is 15.8. The molecule has 0 saturated carbocycles. The number of rotatable bonds is 5. The zero-order chi connectivity index (χ0) is 15.2. The van der Waals surface area contributed by atoms with E-state index in [0.29, 0.717) is 17.7 Å². The molecule has 2 aromatic rings. The van der Waals surface area contributed by atoms with Gasteiger partial charge in [-0.1, -0.05) is 36.7 Å². The Bertz CT molecular complexity index is 611. The molecule has 1 heterocycles. The van der Waals surface area contributed by atoms with Crippen LogP contribution in [-0.2, 0) is 6.54 Å². The average molecular weight is 323 g/mol. The number of benzene rings is 1. The molecule has 0 amide bonds. The maximum atomic E-state index is 6.15. The lowest BCUT2D eigenvalue weighted by atomic mass is 10.2. The molecule has 1 aromatic carbocycles. The normalized spacial score (nSPS) is 12.0. The molecule has 2 rings (SSSR count). The van der Waals surface area contributed by atoms with Crippen LogP contribution in [0.1, 0.15) is 25.8 Å². The Kier molecular flexibility index (Phi) is 5.59. The second-order valence-electron chi connectivity index (χ2n) is 4.90. The minimum Gasteiger partial charge on any atom is -0.360 e. The predicted octanol–water partition coefficient (Wildman–Crippen LogP) is 3.67. The number of nitrogens with zero attached hydrogens (tertiary/aromatic N) is 2. The fourth-order valence-electron chi connectivity index (χ4n) is 1.80. The van der Waals surface area contributed by atoms with Gasteiger partial charge in [-0.25, -0.2) is 0 Å². The van der Waals surface area contributed by atoms with Crippen LogP contribution < -0.4 is 10.6 Å². The van der Waals surface area contributed by atoms with E-state index >= 15 is 0 Å². The van der Waals surface area contributed by atoms with Crippen LogP contribution in [0.3, 0.4) is 0 Å². The van der Waals surface area contributed by atoms with Crippen LogP contribution >= 0.6 is 23.8 Å². The molecule has 112 valence electrons. The molecular formula is C15H19ClN4S. The van der Waals surface area contributed by atoms with E-state index in [1.54, 1.807) is 0 Å². The third-order valence-corrected chi connectivity index (χ3v) is 3.75. The number of hydrogen-bond donors (Lipinski definition) is 2. The molecule has 4 nitrogen and oxygen atoms in total. The van der Waals surface area contributed by atoms with Crippen molar-refractivity contribution in [2.75, 3.05) is 5.32 Å². The van der Waals surface area contributed by atoms with E-state index in [-0.39, 0.29) is 0 Å². The monoisotopic (exact) mass is 322 g/mol. The summed E-state index contributed by atoms with van der Waals surface area (Å²) in [4.78, 5) is 0. The number of hydrogen-bond acceptors (Lipinski definition) is 2. The molecule has 2 N–H and O–H groups in total. The van der Waals surface area contributed by atoms with E-state index in [2.05, 4.69) is 29.6 Å². The number of anilines is 1. The van der Waals surface area contributed by atoms with Gasteiger partial charge in [0, 0.05) is 23.3 Å². The summed E-state index contributed by atoms with van der Waals surface area (Å²) in [6, 6.07) is 9.99. The van der Waals surface area contributed by atoms with Crippen LogP contribution in [0.5, 0.6) is 0 Å². The summed E-state index contributed by atoms with van der Waals surface area (Å²) in [7, 11) is 0. The maximum Gasteiger partial charge on any atom is 0.172 e. The van der Waals surface area contributed by atoms with Gasteiger partial charge >= 0.3 is 0 Å².